The summed E-state index contributed by atoms with van der Waals surface area (Å²) in [5.74, 6) is 0.693. The van der Waals surface area contributed by atoms with Crippen molar-refractivity contribution in [2.75, 3.05) is 32.9 Å². The van der Waals surface area contributed by atoms with Gasteiger partial charge in [0, 0.05) is 18.7 Å². The van der Waals surface area contributed by atoms with Crippen LogP contribution in [0.25, 0.3) is 4.96 Å². The van der Waals surface area contributed by atoms with Crippen LogP contribution in [0.15, 0.2) is 30.6 Å². The third-order valence-corrected chi connectivity index (χ3v) is 5.13. The molecule has 0 aliphatic carbocycles. The maximum Gasteiger partial charge on any atom is 0.230 e. The molecule has 1 unspecified atom stereocenters. The first-order valence-electron chi connectivity index (χ1n) is 8.40. The Bertz CT molecular complexity index is 844. The van der Waals surface area contributed by atoms with Crippen molar-refractivity contribution in [3.05, 3.63) is 41.0 Å². The second-order valence-corrected chi connectivity index (χ2v) is 6.61. The monoisotopic (exact) mass is 378 g/mol. The van der Waals surface area contributed by atoms with Gasteiger partial charge in [0.1, 0.15) is 12.1 Å². The highest BCUT2D eigenvalue weighted by atomic mass is 32.1. The van der Waals surface area contributed by atoms with E-state index in [4.69, 9.17) is 4.74 Å². The van der Waals surface area contributed by atoms with Gasteiger partial charge in [0.25, 0.3) is 0 Å². The average molecular weight is 378 g/mol. The molecular weight excluding hydrogens is 356 g/mol. The quantitative estimate of drug-likeness (QED) is 0.515. The number of nitrogens with zero attached hydrogens (tertiary/aromatic N) is 4. The lowest BCUT2D eigenvalue weighted by molar-refractivity contribution is 0.134. The van der Waals surface area contributed by atoms with E-state index in [1.807, 2.05) is 36.1 Å². The fourth-order valence-electron chi connectivity index (χ4n) is 3.00. The van der Waals surface area contributed by atoms with Crippen molar-refractivity contribution in [1.82, 2.24) is 19.5 Å². The number of thiazole rings is 1. The Morgan fingerprint density at radius 3 is 2.62 bits per heavy atom. The molecule has 2 heterocycles. The Morgan fingerprint density at radius 2 is 1.96 bits per heavy atom. The SMILES string of the molecule is CCOc1ccccc1C(c1sc2ncnn2c1O)N(CCO)CCO. The Morgan fingerprint density at radius 1 is 1.23 bits per heavy atom. The van der Waals surface area contributed by atoms with Crippen molar-refractivity contribution in [2.24, 2.45) is 0 Å². The average Bonchev–Trinajstić information content (AvgIpc) is 3.21. The standard InChI is InChI=1S/C17H22N4O4S/c1-2-25-13-6-4-3-5-12(13)14(20(7-9-22)8-10-23)15-16(24)21-17(26-15)18-11-19-21/h3-6,11,14,22-24H,2,7-10H2,1H3. The molecule has 1 aromatic carbocycles. The molecule has 3 aromatic rings. The summed E-state index contributed by atoms with van der Waals surface area (Å²) in [5.41, 5.74) is 0.844. The smallest absolute Gasteiger partial charge is 0.230 e. The lowest BCUT2D eigenvalue weighted by atomic mass is 10.0. The molecule has 0 bridgehead atoms. The van der Waals surface area contributed by atoms with Crippen molar-refractivity contribution < 1.29 is 20.1 Å². The number of ether oxygens (including phenoxy) is 1. The van der Waals surface area contributed by atoms with Crippen LogP contribution < -0.4 is 4.74 Å². The zero-order valence-electron chi connectivity index (χ0n) is 14.4. The molecule has 3 rings (SSSR count). The molecule has 0 aliphatic rings. The highest BCUT2D eigenvalue weighted by Gasteiger charge is 2.30. The minimum Gasteiger partial charge on any atom is -0.494 e. The molecule has 0 fully saturated rings. The first-order valence-corrected chi connectivity index (χ1v) is 9.21. The summed E-state index contributed by atoms with van der Waals surface area (Å²) in [5, 5.41) is 33.7. The number of fused-ring (bicyclic) bond motifs is 1. The molecular formula is C17H22N4O4S. The van der Waals surface area contributed by atoms with Gasteiger partial charge in [0.15, 0.2) is 0 Å². The molecule has 26 heavy (non-hydrogen) atoms. The number of hydrogen-bond donors (Lipinski definition) is 3. The summed E-state index contributed by atoms with van der Waals surface area (Å²) >= 11 is 1.32. The molecule has 0 saturated heterocycles. The van der Waals surface area contributed by atoms with Crippen LogP contribution in [0.4, 0.5) is 0 Å². The van der Waals surface area contributed by atoms with Crippen molar-refractivity contribution in [2.45, 2.75) is 13.0 Å². The van der Waals surface area contributed by atoms with Crippen molar-refractivity contribution in [3.8, 4) is 11.6 Å². The van der Waals surface area contributed by atoms with E-state index >= 15 is 0 Å². The molecule has 2 aromatic heterocycles. The molecule has 0 amide bonds. The van der Waals surface area contributed by atoms with Crippen LogP contribution in [0, 0.1) is 0 Å². The zero-order valence-corrected chi connectivity index (χ0v) is 15.3. The van der Waals surface area contributed by atoms with E-state index in [-0.39, 0.29) is 19.1 Å². The van der Waals surface area contributed by atoms with Gasteiger partial charge in [-0.3, -0.25) is 4.90 Å². The molecule has 0 saturated carbocycles. The summed E-state index contributed by atoms with van der Waals surface area (Å²) in [4.78, 5) is 7.26. The lowest BCUT2D eigenvalue weighted by Crippen LogP contribution is -2.34. The Labute approximate surface area is 154 Å². The molecule has 9 heteroatoms. The molecule has 140 valence electrons. The van der Waals surface area contributed by atoms with E-state index in [2.05, 4.69) is 10.1 Å². The van der Waals surface area contributed by atoms with Crippen molar-refractivity contribution in [3.63, 3.8) is 0 Å². The van der Waals surface area contributed by atoms with Gasteiger partial charge < -0.3 is 20.1 Å². The second kappa shape index (κ2) is 8.45. The molecule has 8 nitrogen and oxygen atoms in total. The van der Waals surface area contributed by atoms with Crippen molar-refractivity contribution >= 4 is 16.3 Å². The first kappa shape index (κ1) is 18.6. The van der Waals surface area contributed by atoms with E-state index < -0.39 is 6.04 Å². The van der Waals surface area contributed by atoms with Gasteiger partial charge in [0.05, 0.1) is 30.7 Å². The van der Waals surface area contributed by atoms with Gasteiger partial charge in [-0.15, -0.1) is 0 Å². The minimum atomic E-state index is -0.412. The van der Waals surface area contributed by atoms with E-state index in [0.29, 0.717) is 35.3 Å². The summed E-state index contributed by atoms with van der Waals surface area (Å²) in [6.45, 7) is 2.93. The number of aliphatic hydroxyl groups is 2. The maximum atomic E-state index is 10.7. The summed E-state index contributed by atoms with van der Waals surface area (Å²) < 4.78 is 7.16. The molecule has 3 N–H and O–H groups in total. The lowest BCUT2D eigenvalue weighted by Gasteiger charge is -2.31. The summed E-state index contributed by atoms with van der Waals surface area (Å²) in [6, 6.07) is 7.17. The first-order chi connectivity index (χ1) is 12.7. The Kier molecular flexibility index (Phi) is 6.04. The van der Waals surface area contributed by atoms with Crippen LogP contribution in [0.1, 0.15) is 23.4 Å². The number of para-hydroxylation sites is 1. The van der Waals surface area contributed by atoms with E-state index in [0.717, 1.165) is 5.56 Å². The molecule has 0 radical (unpaired) electrons. The van der Waals surface area contributed by atoms with Gasteiger partial charge in [-0.25, -0.2) is 4.98 Å². The van der Waals surface area contributed by atoms with Crippen LogP contribution in [0.2, 0.25) is 0 Å². The number of benzene rings is 1. The number of rotatable bonds is 9. The fourth-order valence-corrected chi connectivity index (χ4v) is 4.08. The molecule has 1 atom stereocenters. The number of aromatic hydroxyl groups is 1. The number of hydrogen-bond acceptors (Lipinski definition) is 8. The predicted molar refractivity (Wildman–Crippen MR) is 97.7 cm³/mol. The Balaban J connectivity index is 2.15. The second-order valence-electron chi connectivity index (χ2n) is 5.60. The third-order valence-electron chi connectivity index (χ3n) is 4.04. The van der Waals surface area contributed by atoms with Crippen LogP contribution in [0.5, 0.6) is 11.6 Å². The predicted octanol–water partition coefficient (Wildman–Crippen LogP) is 1.27. The Hall–Kier alpha value is -2.20. The van der Waals surface area contributed by atoms with Gasteiger partial charge >= 0.3 is 0 Å². The normalized spacial score (nSPS) is 12.8. The van der Waals surface area contributed by atoms with Gasteiger partial charge in [-0.05, 0) is 13.0 Å². The van der Waals surface area contributed by atoms with Crippen LogP contribution in [-0.4, -0.2) is 67.7 Å². The van der Waals surface area contributed by atoms with Crippen LogP contribution >= 0.6 is 11.3 Å². The van der Waals surface area contributed by atoms with Gasteiger partial charge in [0.2, 0.25) is 10.8 Å². The van der Waals surface area contributed by atoms with Gasteiger partial charge in [-0.1, -0.05) is 29.5 Å². The topological polar surface area (TPSA) is 103 Å². The summed E-state index contributed by atoms with van der Waals surface area (Å²) in [7, 11) is 0. The largest absolute Gasteiger partial charge is 0.494 e. The third kappa shape index (κ3) is 3.51. The van der Waals surface area contributed by atoms with Crippen LogP contribution in [0.3, 0.4) is 0 Å². The zero-order chi connectivity index (χ0) is 18.5. The molecule has 0 spiro atoms. The maximum absolute atomic E-state index is 10.7. The van der Waals surface area contributed by atoms with E-state index in [9.17, 15) is 15.3 Å². The van der Waals surface area contributed by atoms with Crippen LogP contribution in [-0.2, 0) is 0 Å². The highest BCUT2D eigenvalue weighted by Crippen LogP contribution is 2.42. The number of aliphatic hydroxyl groups excluding tert-OH is 2. The minimum absolute atomic E-state index is 0.000295. The summed E-state index contributed by atoms with van der Waals surface area (Å²) in [6.07, 6.45) is 1.39. The number of aromatic nitrogens is 3. The highest BCUT2D eigenvalue weighted by molar-refractivity contribution is 7.17. The fraction of sp³-hybridized carbons (Fsp3) is 0.412. The molecule has 0 aliphatic heterocycles. The van der Waals surface area contributed by atoms with Gasteiger partial charge in [-0.2, -0.15) is 9.61 Å². The van der Waals surface area contributed by atoms with E-state index in [1.54, 1.807) is 0 Å². The van der Waals surface area contributed by atoms with Crippen molar-refractivity contribution in [1.29, 1.82) is 0 Å². The van der Waals surface area contributed by atoms with E-state index in [1.165, 1.54) is 22.2 Å².